The number of amides is 1. The summed E-state index contributed by atoms with van der Waals surface area (Å²) in [4.78, 5) is 30.5. The quantitative estimate of drug-likeness (QED) is 0.634. The molecule has 2 unspecified atom stereocenters. The molecule has 2 aromatic rings. The Labute approximate surface area is 160 Å². The molecule has 0 spiro atoms. The van der Waals surface area contributed by atoms with Gasteiger partial charge in [0.1, 0.15) is 0 Å². The van der Waals surface area contributed by atoms with E-state index in [9.17, 15) is 14.9 Å². The van der Waals surface area contributed by atoms with E-state index in [4.69, 9.17) is 0 Å². The van der Waals surface area contributed by atoms with Crippen molar-refractivity contribution in [3.63, 3.8) is 0 Å². The molecule has 0 aliphatic carbocycles. The van der Waals surface area contributed by atoms with Crippen molar-refractivity contribution in [2.24, 2.45) is 0 Å². The molecule has 1 aliphatic rings. The van der Waals surface area contributed by atoms with Gasteiger partial charge in [-0.3, -0.25) is 14.9 Å². The van der Waals surface area contributed by atoms with Gasteiger partial charge in [-0.15, -0.1) is 11.3 Å². The zero-order valence-electron chi connectivity index (χ0n) is 14.8. The molecule has 1 amide bonds. The number of nitro groups is 1. The fourth-order valence-electron chi connectivity index (χ4n) is 2.86. The van der Waals surface area contributed by atoms with E-state index in [2.05, 4.69) is 10.3 Å². The number of carbonyl (C=O) groups is 1. The van der Waals surface area contributed by atoms with Gasteiger partial charge in [0.05, 0.1) is 9.82 Å². The van der Waals surface area contributed by atoms with E-state index in [1.807, 2.05) is 26.2 Å². The molecule has 2 heterocycles. The Morgan fingerprint density at radius 2 is 2.23 bits per heavy atom. The van der Waals surface area contributed by atoms with Gasteiger partial charge in [0.15, 0.2) is 4.34 Å². The molecular formula is C17H20N4O3S2. The average molecular weight is 393 g/mol. The number of piperazine rings is 1. The van der Waals surface area contributed by atoms with E-state index in [1.54, 1.807) is 17.0 Å². The van der Waals surface area contributed by atoms with Crippen LogP contribution >= 0.6 is 23.1 Å². The summed E-state index contributed by atoms with van der Waals surface area (Å²) in [7, 11) is 0. The third-order valence-electron chi connectivity index (χ3n) is 4.49. The second kappa shape index (κ2) is 7.73. The molecule has 7 nitrogen and oxygen atoms in total. The summed E-state index contributed by atoms with van der Waals surface area (Å²) < 4.78 is 0.745. The van der Waals surface area contributed by atoms with Crippen LogP contribution in [0.15, 0.2) is 32.8 Å². The molecule has 1 aliphatic heterocycles. The lowest BCUT2D eigenvalue weighted by molar-refractivity contribution is -0.387. The van der Waals surface area contributed by atoms with Crippen LogP contribution in [0.3, 0.4) is 0 Å². The fourth-order valence-corrected chi connectivity index (χ4v) is 4.74. The van der Waals surface area contributed by atoms with Crippen molar-refractivity contribution in [1.29, 1.82) is 0 Å². The molecular weight excluding hydrogens is 372 g/mol. The van der Waals surface area contributed by atoms with Crippen molar-refractivity contribution in [2.45, 2.75) is 42.1 Å². The normalized spacial score (nSPS) is 20.2. The molecule has 1 aromatic heterocycles. The van der Waals surface area contributed by atoms with Gasteiger partial charge in [-0.2, -0.15) is 0 Å². The maximum atomic E-state index is 12.9. The van der Waals surface area contributed by atoms with Crippen LogP contribution in [0.5, 0.6) is 0 Å². The molecule has 2 atom stereocenters. The van der Waals surface area contributed by atoms with Gasteiger partial charge >= 0.3 is 0 Å². The van der Waals surface area contributed by atoms with Crippen LogP contribution in [0.1, 0.15) is 29.9 Å². The highest BCUT2D eigenvalue weighted by Crippen LogP contribution is 2.37. The van der Waals surface area contributed by atoms with E-state index in [1.165, 1.54) is 29.2 Å². The molecule has 0 saturated carbocycles. The second-order valence-corrected chi connectivity index (χ2v) is 8.43. The van der Waals surface area contributed by atoms with Gasteiger partial charge in [0.2, 0.25) is 0 Å². The van der Waals surface area contributed by atoms with Crippen LogP contribution in [0.2, 0.25) is 0 Å². The molecule has 1 fully saturated rings. The summed E-state index contributed by atoms with van der Waals surface area (Å²) in [6.45, 7) is 7.20. The highest BCUT2D eigenvalue weighted by Gasteiger charge is 2.30. The number of nitro benzene ring substituents is 1. The molecule has 1 saturated heterocycles. The van der Waals surface area contributed by atoms with Crippen LogP contribution in [0.4, 0.5) is 5.69 Å². The van der Waals surface area contributed by atoms with E-state index < -0.39 is 4.92 Å². The van der Waals surface area contributed by atoms with Gasteiger partial charge in [-0.25, -0.2) is 4.98 Å². The lowest BCUT2D eigenvalue weighted by Gasteiger charge is -2.38. The van der Waals surface area contributed by atoms with Crippen molar-refractivity contribution < 1.29 is 9.72 Å². The first-order valence-corrected chi connectivity index (χ1v) is 9.99. The van der Waals surface area contributed by atoms with Crippen LogP contribution in [-0.2, 0) is 0 Å². The third kappa shape index (κ3) is 3.89. The SMILES string of the molecule is Cc1csc(Sc2ccc(C(=O)N3CCNC(C)C3C)cc2[N+](=O)[O-])n1. The maximum absolute atomic E-state index is 12.9. The fraction of sp³-hybridized carbons (Fsp3) is 0.412. The van der Waals surface area contributed by atoms with Crippen molar-refractivity contribution in [3.8, 4) is 0 Å². The summed E-state index contributed by atoms with van der Waals surface area (Å²) in [5, 5.41) is 16.8. The average Bonchev–Trinajstić information content (AvgIpc) is 3.02. The molecule has 3 rings (SSSR count). The third-order valence-corrected chi connectivity index (χ3v) is 6.61. The number of aryl methyl sites for hydroxylation is 1. The Morgan fingerprint density at radius 3 is 2.88 bits per heavy atom. The number of rotatable bonds is 4. The summed E-state index contributed by atoms with van der Waals surface area (Å²) >= 11 is 2.70. The number of hydrogen-bond acceptors (Lipinski definition) is 7. The van der Waals surface area contributed by atoms with Gasteiger partial charge < -0.3 is 10.2 Å². The Kier molecular flexibility index (Phi) is 5.59. The number of nitrogens with zero attached hydrogens (tertiary/aromatic N) is 3. The summed E-state index contributed by atoms with van der Waals surface area (Å²) in [6.07, 6.45) is 0. The van der Waals surface area contributed by atoms with E-state index in [-0.39, 0.29) is 23.7 Å². The van der Waals surface area contributed by atoms with E-state index in [0.717, 1.165) is 16.6 Å². The topological polar surface area (TPSA) is 88.4 Å². The smallest absolute Gasteiger partial charge is 0.284 e. The number of thiazole rings is 1. The lowest BCUT2D eigenvalue weighted by Crippen LogP contribution is -2.57. The number of carbonyl (C=O) groups excluding carboxylic acids is 1. The number of nitrogens with one attached hydrogen (secondary N) is 1. The highest BCUT2D eigenvalue weighted by atomic mass is 32.2. The Bertz CT molecular complexity index is 839. The predicted molar refractivity (Wildman–Crippen MR) is 102 cm³/mol. The van der Waals surface area contributed by atoms with Gasteiger partial charge in [0.25, 0.3) is 11.6 Å². The van der Waals surface area contributed by atoms with Gasteiger partial charge in [-0.05, 0) is 32.9 Å². The van der Waals surface area contributed by atoms with Crippen LogP contribution < -0.4 is 5.32 Å². The summed E-state index contributed by atoms with van der Waals surface area (Å²) in [6, 6.07) is 4.90. The van der Waals surface area contributed by atoms with Gasteiger partial charge in [-0.1, -0.05) is 11.8 Å². The minimum Gasteiger partial charge on any atom is -0.333 e. The van der Waals surface area contributed by atoms with E-state index >= 15 is 0 Å². The molecule has 0 radical (unpaired) electrons. The summed E-state index contributed by atoms with van der Waals surface area (Å²) in [5.74, 6) is -0.171. The minimum absolute atomic E-state index is 0.0302. The van der Waals surface area contributed by atoms with E-state index in [0.29, 0.717) is 17.0 Å². The van der Waals surface area contributed by atoms with Crippen LogP contribution in [-0.4, -0.2) is 45.9 Å². The Balaban J connectivity index is 1.88. The Morgan fingerprint density at radius 1 is 1.46 bits per heavy atom. The molecule has 138 valence electrons. The first-order valence-electron chi connectivity index (χ1n) is 8.29. The van der Waals surface area contributed by atoms with Crippen molar-refractivity contribution in [3.05, 3.63) is 45.0 Å². The van der Waals surface area contributed by atoms with Crippen molar-refractivity contribution >= 4 is 34.7 Å². The molecule has 1 N–H and O–H groups in total. The lowest BCUT2D eigenvalue weighted by atomic mass is 10.1. The van der Waals surface area contributed by atoms with Crippen LogP contribution in [0, 0.1) is 17.0 Å². The second-order valence-electron chi connectivity index (χ2n) is 6.28. The number of benzene rings is 1. The number of hydrogen-bond donors (Lipinski definition) is 1. The minimum atomic E-state index is -0.441. The van der Waals surface area contributed by atoms with Crippen LogP contribution in [0.25, 0.3) is 0 Å². The predicted octanol–water partition coefficient (Wildman–Crippen LogP) is 3.33. The monoisotopic (exact) mass is 392 g/mol. The van der Waals surface area contributed by atoms with Gasteiger partial charge in [0, 0.05) is 47.9 Å². The molecule has 1 aromatic carbocycles. The standard InChI is InChI=1S/C17H20N4O3S2/c1-10-9-25-17(19-10)26-15-5-4-13(8-14(15)21(23)24)16(22)20-7-6-18-11(2)12(20)3/h4-5,8-9,11-12,18H,6-7H2,1-3H3. The zero-order valence-corrected chi connectivity index (χ0v) is 16.4. The number of aromatic nitrogens is 1. The first kappa shape index (κ1) is 18.8. The molecule has 0 bridgehead atoms. The Hall–Kier alpha value is -1.97. The van der Waals surface area contributed by atoms with Crippen molar-refractivity contribution in [1.82, 2.24) is 15.2 Å². The maximum Gasteiger partial charge on any atom is 0.284 e. The molecule has 26 heavy (non-hydrogen) atoms. The highest BCUT2D eigenvalue weighted by molar-refractivity contribution is 8.01. The largest absolute Gasteiger partial charge is 0.333 e. The molecule has 9 heteroatoms. The first-order chi connectivity index (χ1) is 12.4. The summed E-state index contributed by atoms with van der Waals surface area (Å²) in [5.41, 5.74) is 1.16. The zero-order chi connectivity index (χ0) is 18.8. The van der Waals surface area contributed by atoms with Crippen molar-refractivity contribution in [2.75, 3.05) is 13.1 Å².